The van der Waals surface area contributed by atoms with Crippen molar-refractivity contribution in [1.29, 1.82) is 0 Å². The van der Waals surface area contributed by atoms with Crippen LogP contribution in [-0.4, -0.2) is 49.8 Å². The van der Waals surface area contributed by atoms with Gasteiger partial charge in [-0.25, -0.2) is 17.8 Å². The maximum Gasteiger partial charge on any atom is 0.251 e. The Hall–Kier alpha value is -1.94. The largest absolute Gasteiger partial charge is 0.367 e. The van der Waals surface area contributed by atoms with E-state index >= 15 is 0 Å². The molecule has 1 aromatic heterocycles. The lowest BCUT2D eigenvalue weighted by Gasteiger charge is -2.16. The Kier molecular flexibility index (Phi) is 6.94. The minimum Gasteiger partial charge on any atom is -0.367 e. The molecule has 0 bridgehead atoms. The van der Waals surface area contributed by atoms with Gasteiger partial charge in [-0.15, -0.1) is 0 Å². The molecule has 0 atom stereocenters. The molecule has 0 saturated carbocycles. The van der Waals surface area contributed by atoms with E-state index in [9.17, 15) is 17.6 Å². The quantitative estimate of drug-likeness (QED) is 0.619. The maximum absolute atomic E-state index is 14.2. The van der Waals surface area contributed by atoms with Crippen LogP contribution in [0.4, 0.5) is 10.2 Å². The molecule has 1 aliphatic heterocycles. The molecule has 1 aromatic carbocycles. The first-order valence-electron chi connectivity index (χ1n) is 8.92. The van der Waals surface area contributed by atoms with Crippen LogP contribution < -0.4 is 10.6 Å². The molecule has 1 saturated heterocycles. The van der Waals surface area contributed by atoms with Crippen molar-refractivity contribution < 1.29 is 17.6 Å². The Morgan fingerprint density at radius 3 is 2.59 bits per heavy atom. The van der Waals surface area contributed by atoms with Crippen molar-refractivity contribution >= 4 is 45.0 Å². The van der Waals surface area contributed by atoms with E-state index < -0.39 is 26.6 Å². The lowest BCUT2D eigenvalue weighted by atomic mass is 10.2. The molecule has 11 heteroatoms. The van der Waals surface area contributed by atoms with Crippen molar-refractivity contribution in [3.8, 4) is 0 Å². The highest BCUT2D eigenvalue weighted by atomic mass is 35.5. The van der Waals surface area contributed by atoms with Gasteiger partial charge in [-0.2, -0.15) is 4.31 Å². The van der Waals surface area contributed by atoms with E-state index in [1.165, 1.54) is 22.6 Å². The van der Waals surface area contributed by atoms with Gasteiger partial charge in [0, 0.05) is 37.9 Å². The number of carbonyl (C=O) groups excluding carboxylic acids is 1. The zero-order chi connectivity index (χ0) is 21.0. The summed E-state index contributed by atoms with van der Waals surface area (Å²) in [5.41, 5.74) is 0.0619. The number of amides is 1. The molecule has 0 unspecified atom stereocenters. The molecule has 2 heterocycles. The van der Waals surface area contributed by atoms with Gasteiger partial charge in [0.1, 0.15) is 16.5 Å². The van der Waals surface area contributed by atoms with Crippen LogP contribution in [-0.2, 0) is 10.0 Å². The van der Waals surface area contributed by atoms with Crippen molar-refractivity contribution in [3.05, 3.63) is 51.9 Å². The van der Waals surface area contributed by atoms with Crippen molar-refractivity contribution in [2.45, 2.75) is 17.7 Å². The van der Waals surface area contributed by atoms with Crippen LogP contribution in [0.25, 0.3) is 0 Å². The van der Waals surface area contributed by atoms with Crippen LogP contribution in [0.3, 0.4) is 0 Å². The second kappa shape index (κ2) is 9.25. The molecule has 2 aromatic rings. The minimum atomic E-state index is -3.96. The van der Waals surface area contributed by atoms with Gasteiger partial charge in [-0.1, -0.05) is 23.2 Å². The number of benzene rings is 1. The number of pyridine rings is 1. The molecule has 0 radical (unpaired) electrons. The normalized spacial score (nSPS) is 14.7. The Bertz CT molecular complexity index is 1010. The van der Waals surface area contributed by atoms with Crippen molar-refractivity contribution in [1.82, 2.24) is 14.6 Å². The van der Waals surface area contributed by atoms with Crippen molar-refractivity contribution in [2.24, 2.45) is 0 Å². The molecule has 156 valence electrons. The van der Waals surface area contributed by atoms with E-state index in [-0.39, 0.29) is 12.1 Å². The lowest BCUT2D eigenvalue weighted by Crippen LogP contribution is -2.30. The molecule has 1 amide bonds. The van der Waals surface area contributed by atoms with Crippen LogP contribution in [0.15, 0.2) is 35.4 Å². The highest BCUT2D eigenvalue weighted by molar-refractivity contribution is 7.89. The minimum absolute atomic E-state index is 0.0619. The van der Waals surface area contributed by atoms with E-state index in [1.807, 2.05) is 0 Å². The third kappa shape index (κ3) is 5.16. The Balaban J connectivity index is 1.62. The van der Waals surface area contributed by atoms with E-state index in [4.69, 9.17) is 23.2 Å². The predicted octanol–water partition coefficient (Wildman–Crippen LogP) is 3.15. The zero-order valence-corrected chi connectivity index (χ0v) is 17.6. The first-order valence-corrected chi connectivity index (χ1v) is 11.1. The average Bonchev–Trinajstić information content (AvgIpc) is 3.22. The number of nitrogens with one attached hydrogen (secondary N) is 2. The van der Waals surface area contributed by atoms with E-state index in [1.54, 1.807) is 0 Å². The number of hydrogen-bond donors (Lipinski definition) is 2. The molecule has 2 N–H and O–H groups in total. The van der Waals surface area contributed by atoms with Crippen LogP contribution in [0, 0.1) is 5.82 Å². The fourth-order valence-corrected chi connectivity index (χ4v) is 4.97. The maximum atomic E-state index is 14.2. The highest BCUT2D eigenvalue weighted by Crippen LogP contribution is 2.24. The number of sulfonamides is 1. The van der Waals surface area contributed by atoms with Gasteiger partial charge >= 0.3 is 0 Å². The summed E-state index contributed by atoms with van der Waals surface area (Å²) in [5, 5.41) is 6.34. The topological polar surface area (TPSA) is 91.4 Å². The highest BCUT2D eigenvalue weighted by Gasteiger charge is 2.30. The molecule has 0 aliphatic carbocycles. The number of nitrogens with zero attached hydrogens (tertiary/aromatic N) is 2. The second-order valence-electron chi connectivity index (χ2n) is 6.42. The monoisotopic (exact) mass is 460 g/mol. The average molecular weight is 461 g/mol. The van der Waals surface area contributed by atoms with Gasteiger partial charge in [0.05, 0.1) is 10.0 Å². The van der Waals surface area contributed by atoms with Gasteiger partial charge in [-0.3, -0.25) is 4.79 Å². The molecule has 0 spiro atoms. The number of hydrogen-bond acceptors (Lipinski definition) is 5. The van der Waals surface area contributed by atoms with Gasteiger partial charge in [-0.05, 0) is 37.1 Å². The molecule has 3 rings (SSSR count). The van der Waals surface area contributed by atoms with Crippen LogP contribution in [0.1, 0.15) is 23.2 Å². The smallest absolute Gasteiger partial charge is 0.251 e. The van der Waals surface area contributed by atoms with Crippen molar-refractivity contribution in [2.75, 3.05) is 31.5 Å². The summed E-state index contributed by atoms with van der Waals surface area (Å²) < 4.78 is 40.6. The standard InChI is InChI=1S/C18H19Cl2FN4O3S/c19-13-10-14(20)17(24-11-13)22-5-6-23-18(26)12-3-4-15(21)16(9-12)29(27,28)25-7-1-2-8-25/h3-4,9-11H,1-2,5-8H2,(H,22,24)(H,23,26). The Morgan fingerprint density at radius 1 is 1.17 bits per heavy atom. The van der Waals surface area contributed by atoms with E-state index in [2.05, 4.69) is 15.6 Å². The number of aromatic nitrogens is 1. The first kappa shape index (κ1) is 21.8. The summed E-state index contributed by atoms with van der Waals surface area (Å²) in [6.45, 7) is 1.24. The molecule has 7 nitrogen and oxygen atoms in total. The summed E-state index contributed by atoms with van der Waals surface area (Å²) in [4.78, 5) is 15.9. The summed E-state index contributed by atoms with van der Waals surface area (Å²) in [6.07, 6.45) is 2.91. The Labute approximate surface area is 178 Å². The van der Waals surface area contributed by atoms with Crippen LogP contribution in [0.5, 0.6) is 0 Å². The van der Waals surface area contributed by atoms with E-state index in [0.29, 0.717) is 35.5 Å². The first-order chi connectivity index (χ1) is 13.8. The third-order valence-electron chi connectivity index (χ3n) is 4.39. The fraction of sp³-hybridized carbons (Fsp3) is 0.333. The van der Waals surface area contributed by atoms with Crippen molar-refractivity contribution in [3.63, 3.8) is 0 Å². The van der Waals surface area contributed by atoms with Gasteiger partial charge in [0.25, 0.3) is 5.91 Å². The fourth-order valence-electron chi connectivity index (χ4n) is 2.91. The SMILES string of the molecule is O=C(NCCNc1ncc(Cl)cc1Cl)c1ccc(F)c(S(=O)(=O)N2CCCC2)c1. The van der Waals surface area contributed by atoms with Gasteiger partial charge < -0.3 is 10.6 Å². The zero-order valence-electron chi connectivity index (χ0n) is 15.3. The molecule has 29 heavy (non-hydrogen) atoms. The number of halogens is 3. The third-order valence-corrected chi connectivity index (χ3v) is 6.80. The Morgan fingerprint density at radius 2 is 1.90 bits per heavy atom. The van der Waals surface area contributed by atoms with Gasteiger partial charge in [0.2, 0.25) is 10.0 Å². The second-order valence-corrected chi connectivity index (χ2v) is 9.17. The van der Waals surface area contributed by atoms with E-state index in [0.717, 1.165) is 25.0 Å². The summed E-state index contributed by atoms with van der Waals surface area (Å²) >= 11 is 11.8. The summed E-state index contributed by atoms with van der Waals surface area (Å²) in [5.74, 6) is -0.968. The van der Waals surface area contributed by atoms with Crippen LogP contribution in [0.2, 0.25) is 10.0 Å². The molecular formula is C18H19Cl2FN4O3S. The molecule has 1 fully saturated rings. The lowest BCUT2D eigenvalue weighted by molar-refractivity contribution is 0.0955. The predicted molar refractivity (Wildman–Crippen MR) is 109 cm³/mol. The molecule has 1 aliphatic rings. The molecular weight excluding hydrogens is 442 g/mol. The number of carbonyl (C=O) groups is 1. The van der Waals surface area contributed by atoms with Crippen LogP contribution >= 0.6 is 23.2 Å². The summed E-state index contributed by atoms with van der Waals surface area (Å²) in [6, 6.07) is 4.85. The number of rotatable bonds is 7. The number of anilines is 1. The summed E-state index contributed by atoms with van der Waals surface area (Å²) in [7, 11) is -3.96. The van der Waals surface area contributed by atoms with Gasteiger partial charge in [0.15, 0.2) is 0 Å².